The SMILES string of the molecule is COc1ccc(C(=O)Nc2ccccc2C(=O)N2CCC(C)CC2)cc1F. The summed E-state index contributed by atoms with van der Waals surface area (Å²) < 4.78 is 18.7. The van der Waals surface area contributed by atoms with Crippen LogP contribution in [0.5, 0.6) is 5.75 Å². The van der Waals surface area contributed by atoms with Crippen LogP contribution in [0.3, 0.4) is 0 Å². The van der Waals surface area contributed by atoms with Crippen LogP contribution in [0, 0.1) is 11.7 Å². The molecule has 2 aromatic carbocycles. The lowest BCUT2D eigenvalue weighted by Crippen LogP contribution is -2.38. The van der Waals surface area contributed by atoms with Gasteiger partial charge in [0.15, 0.2) is 11.6 Å². The van der Waals surface area contributed by atoms with Gasteiger partial charge in [-0.25, -0.2) is 4.39 Å². The van der Waals surface area contributed by atoms with Gasteiger partial charge in [0.1, 0.15) is 0 Å². The number of benzene rings is 2. The molecule has 1 saturated heterocycles. The third-order valence-corrected chi connectivity index (χ3v) is 4.89. The van der Waals surface area contributed by atoms with E-state index in [-0.39, 0.29) is 17.2 Å². The van der Waals surface area contributed by atoms with E-state index in [0.717, 1.165) is 18.9 Å². The molecule has 0 saturated carbocycles. The number of hydrogen-bond acceptors (Lipinski definition) is 3. The van der Waals surface area contributed by atoms with E-state index in [0.29, 0.717) is 30.3 Å². The molecule has 5 nitrogen and oxygen atoms in total. The first-order chi connectivity index (χ1) is 13.0. The fourth-order valence-corrected chi connectivity index (χ4v) is 3.16. The average molecular weight is 370 g/mol. The minimum atomic E-state index is -0.614. The summed E-state index contributed by atoms with van der Waals surface area (Å²) in [5.41, 5.74) is 1.01. The van der Waals surface area contributed by atoms with Crippen molar-refractivity contribution in [3.63, 3.8) is 0 Å². The second kappa shape index (κ2) is 8.20. The van der Waals surface area contributed by atoms with Gasteiger partial charge in [0.25, 0.3) is 11.8 Å². The van der Waals surface area contributed by atoms with E-state index in [4.69, 9.17) is 4.74 Å². The van der Waals surface area contributed by atoms with Crippen LogP contribution >= 0.6 is 0 Å². The number of anilines is 1. The van der Waals surface area contributed by atoms with Crippen molar-refractivity contribution in [2.45, 2.75) is 19.8 Å². The number of nitrogens with one attached hydrogen (secondary N) is 1. The van der Waals surface area contributed by atoms with Gasteiger partial charge in [-0.3, -0.25) is 9.59 Å². The van der Waals surface area contributed by atoms with E-state index in [1.807, 2.05) is 4.90 Å². The third kappa shape index (κ3) is 4.27. The number of halogens is 1. The van der Waals surface area contributed by atoms with Gasteiger partial charge in [-0.05, 0) is 49.1 Å². The Morgan fingerprint density at radius 2 is 1.85 bits per heavy atom. The highest BCUT2D eigenvalue weighted by Crippen LogP contribution is 2.23. The van der Waals surface area contributed by atoms with Crippen LogP contribution in [0.1, 0.15) is 40.5 Å². The summed E-state index contributed by atoms with van der Waals surface area (Å²) in [6.45, 7) is 3.61. The molecule has 2 aromatic rings. The van der Waals surface area contributed by atoms with Gasteiger partial charge in [-0.1, -0.05) is 19.1 Å². The van der Waals surface area contributed by atoms with Gasteiger partial charge in [-0.15, -0.1) is 0 Å². The van der Waals surface area contributed by atoms with Crippen LogP contribution in [-0.4, -0.2) is 36.9 Å². The molecular weight excluding hydrogens is 347 g/mol. The molecule has 0 spiro atoms. The Balaban J connectivity index is 1.78. The maximum Gasteiger partial charge on any atom is 0.255 e. The number of carbonyl (C=O) groups is 2. The number of carbonyl (C=O) groups excluding carboxylic acids is 2. The number of methoxy groups -OCH3 is 1. The minimum Gasteiger partial charge on any atom is -0.494 e. The van der Waals surface area contributed by atoms with E-state index in [9.17, 15) is 14.0 Å². The van der Waals surface area contributed by atoms with Crippen molar-refractivity contribution in [2.75, 3.05) is 25.5 Å². The van der Waals surface area contributed by atoms with E-state index < -0.39 is 11.7 Å². The molecule has 27 heavy (non-hydrogen) atoms. The van der Waals surface area contributed by atoms with E-state index in [2.05, 4.69) is 12.2 Å². The fraction of sp³-hybridized carbons (Fsp3) is 0.333. The molecular formula is C21H23FN2O3. The Hall–Kier alpha value is -2.89. The molecule has 1 N–H and O–H groups in total. The summed E-state index contributed by atoms with van der Waals surface area (Å²) in [5, 5.41) is 2.73. The smallest absolute Gasteiger partial charge is 0.255 e. The zero-order chi connectivity index (χ0) is 19.4. The van der Waals surface area contributed by atoms with Gasteiger partial charge >= 0.3 is 0 Å². The second-order valence-corrected chi connectivity index (χ2v) is 6.82. The minimum absolute atomic E-state index is 0.0708. The standard InChI is InChI=1S/C21H23FN2O3/c1-14-9-11-24(12-10-14)21(26)16-5-3-4-6-18(16)23-20(25)15-7-8-19(27-2)17(22)13-15/h3-8,13-14H,9-12H2,1-2H3,(H,23,25). The van der Waals surface area contributed by atoms with Crippen molar-refractivity contribution in [2.24, 2.45) is 5.92 Å². The molecule has 1 heterocycles. The van der Waals surface area contributed by atoms with Gasteiger partial charge in [-0.2, -0.15) is 0 Å². The zero-order valence-electron chi connectivity index (χ0n) is 15.5. The Morgan fingerprint density at radius 1 is 1.15 bits per heavy atom. The predicted molar refractivity (Wildman–Crippen MR) is 102 cm³/mol. The Labute approximate surface area is 158 Å². The highest BCUT2D eigenvalue weighted by Gasteiger charge is 2.23. The first-order valence-corrected chi connectivity index (χ1v) is 9.02. The maximum absolute atomic E-state index is 13.9. The first kappa shape index (κ1) is 18.9. The van der Waals surface area contributed by atoms with Crippen molar-refractivity contribution in [3.8, 4) is 5.75 Å². The van der Waals surface area contributed by atoms with Crippen LogP contribution in [0.25, 0.3) is 0 Å². The molecule has 0 radical (unpaired) electrons. The molecule has 0 aromatic heterocycles. The molecule has 0 unspecified atom stereocenters. The molecule has 6 heteroatoms. The molecule has 0 atom stereocenters. The molecule has 3 rings (SSSR count). The second-order valence-electron chi connectivity index (χ2n) is 6.82. The van der Waals surface area contributed by atoms with Gasteiger partial charge in [0, 0.05) is 18.7 Å². The van der Waals surface area contributed by atoms with Crippen molar-refractivity contribution < 1.29 is 18.7 Å². The topological polar surface area (TPSA) is 58.6 Å². The molecule has 0 bridgehead atoms. The van der Waals surface area contributed by atoms with Crippen molar-refractivity contribution in [1.29, 1.82) is 0 Å². The number of para-hydroxylation sites is 1. The molecule has 1 aliphatic rings. The molecule has 0 aliphatic carbocycles. The van der Waals surface area contributed by atoms with Gasteiger partial charge < -0.3 is 15.0 Å². The predicted octanol–water partition coefficient (Wildman–Crippen LogP) is 3.96. The van der Waals surface area contributed by atoms with Gasteiger partial charge in [0.05, 0.1) is 18.4 Å². The summed E-state index contributed by atoms with van der Waals surface area (Å²) >= 11 is 0. The highest BCUT2D eigenvalue weighted by molar-refractivity contribution is 6.09. The highest BCUT2D eigenvalue weighted by atomic mass is 19.1. The summed E-state index contributed by atoms with van der Waals surface area (Å²) in [6.07, 6.45) is 1.96. The van der Waals surface area contributed by atoms with Crippen LogP contribution in [-0.2, 0) is 0 Å². The Bertz CT molecular complexity index is 845. The van der Waals surface area contributed by atoms with E-state index in [1.54, 1.807) is 24.3 Å². The van der Waals surface area contributed by atoms with Crippen LogP contribution in [0.4, 0.5) is 10.1 Å². The van der Waals surface area contributed by atoms with Crippen LogP contribution in [0.15, 0.2) is 42.5 Å². The number of nitrogens with zero attached hydrogens (tertiary/aromatic N) is 1. The summed E-state index contributed by atoms with van der Waals surface area (Å²) in [6, 6.07) is 10.9. The van der Waals surface area contributed by atoms with E-state index in [1.165, 1.54) is 19.2 Å². The van der Waals surface area contributed by atoms with Crippen LogP contribution < -0.4 is 10.1 Å². The third-order valence-electron chi connectivity index (χ3n) is 4.89. The quantitative estimate of drug-likeness (QED) is 0.886. The normalized spacial score (nSPS) is 14.7. The molecule has 1 fully saturated rings. The van der Waals surface area contributed by atoms with E-state index >= 15 is 0 Å². The zero-order valence-corrected chi connectivity index (χ0v) is 15.5. The lowest BCUT2D eigenvalue weighted by atomic mass is 9.98. The summed E-state index contributed by atoms with van der Waals surface area (Å²) in [7, 11) is 1.36. The lowest BCUT2D eigenvalue weighted by Gasteiger charge is -2.30. The largest absolute Gasteiger partial charge is 0.494 e. The monoisotopic (exact) mass is 370 g/mol. The molecule has 142 valence electrons. The Kier molecular flexibility index (Phi) is 5.74. The van der Waals surface area contributed by atoms with Crippen molar-refractivity contribution in [1.82, 2.24) is 4.90 Å². The van der Waals surface area contributed by atoms with Gasteiger partial charge in [0.2, 0.25) is 0 Å². The maximum atomic E-state index is 13.9. The van der Waals surface area contributed by atoms with Crippen molar-refractivity contribution >= 4 is 17.5 Å². The first-order valence-electron chi connectivity index (χ1n) is 9.02. The number of ether oxygens (including phenoxy) is 1. The summed E-state index contributed by atoms with van der Waals surface area (Å²) in [5.74, 6) is -0.504. The lowest BCUT2D eigenvalue weighted by molar-refractivity contribution is 0.0698. The Morgan fingerprint density at radius 3 is 2.52 bits per heavy atom. The average Bonchev–Trinajstić information content (AvgIpc) is 2.68. The number of hydrogen-bond donors (Lipinski definition) is 1. The number of likely N-dealkylation sites (tertiary alicyclic amines) is 1. The fourth-order valence-electron chi connectivity index (χ4n) is 3.16. The van der Waals surface area contributed by atoms with Crippen molar-refractivity contribution in [3.05, 3.63) is 59.4 Å². The van der Waals surface area contributed by atoms with Crippen LogP contribution in [0.2, 0.25) is 0 Å². The number of rotatable bonds is 4. The number of piperidine rings is 1. The summed E-state index contributed by atoms with van der Waals surface area (Å²) in [4.78, 5) is 27.2. The molecule has 2 amide bonds. The number of amides is 2. The molecule has 1 aliphatic heterocycles.